The fourth-order valence-electron chi connectivity index (χ4n) is 1.12. The van der Waals surface area contributed by atoms with Crippen molar-refractivity contribution in [2.75, 3.05) is 6.61 Å². The largest absolute Gasteiger partial charge is 0.465 e. The highest BCUT2D eigenvalue weighted by atomic mass is 32.2. The van der Waals surface area contributed by atoms with Gasteiger partial charge in [0.15, 0.2) is 0 Å². The zero-order valence-corrected chi connectivity index (χ0v) is 9.92. The van der Waals surface area contributed by atoms with Crippen molar-refractivity contribution in [1.29, 1.82) is 0 Å². The molecule has 15 heavy (non-hydrogen) atoms. The Morgan fingerprint density at radius 1 is 1.40 bits per heavy atom. The summed E-state index contributed by atoms with van der Waals surface area (Å²) < 4.78 is 4.93. The third kappa shape index (κ3) is 4.38. The average molecular weight is 224 g/mol. The molecule has 1 atom stereocenters. The first-order valence-corrected chi connectivity index (χ1v) is 6.11. The Bertz CT molecular complexity index is 298. The van der Waals surface area contributed by atoms with E-state index in [0.29, 0.717) is 6.61 Å². The first-order valence-electron chi connectivity index (χ1n) is 5.06. The van der Waals surface area contributed by atoms with Crippen LogP contribution in [-0.4, -0.2) is 17.8 Å². The molecular formula is C12H16O2S. The molecule has 1 aromatic rings. The minimum absolute atomic E-state index is 0.0924. The van der Waals surface area contributed by atoms with E-state index < -0.39 is 0 Å². The molecule has 3 heteroatoms. The second-order valence-corrected chi connectivity index (χ2v) is 4.52. The van der Waals surface area contributed by atoms with Crippen LogP contribution in [0.1, 0.15) is 19.4 Å². The second-order valence-electron chi connectivity index (χ2n) is 3.19. The van der Waals surface area contributed by atoms with Gasteiger partial charge in [0.05, 0.1) is 11.9 Å². The predicted octanol–water partition coefficient (Wildman–Crippen LogP) is 2.87. The fraction of sp³-hybridized carbons (Fsp3) is 0.417. The molecule has 0 N–H and O–H groups in total. The molecule has 1 unspecified atom stereocenters. The molecule has 0 fully saturated rings. The van der Waals surface area contributed by atoms with Gasteiger partial charge < -0.3 is 4.74 Å². The van der Waals surface area contributed by atoms with Crippen LogP contribution < -0.4 is 0 Å². The molecule has 0 saturated heterocycles. The maximum Gasteiger partial charge on any atom is 0.318 e. The van der Waals surface area contributed by atoms with Crippen LogP contribution in [0.25, 0.3) is 0 Å². The second kappa shape index (κ2) is 6.51. The highest BCUT2D eigenvalue weighted by molar-refractivity contribution is 7.99. The smallest absolute Gasteiger partial charge is 0.318 e. The van der Waals surface area contributed by atoms with Crippen molar-refractivity contribution in [3.63, 3.8) is 0 Å². The average Bonchev–Trinajstić information content (AvgIpc) is 2.27. The van der Waals surface area contributed by atoms with Crippen LogP contribution in [0.5, 0.6) is 0 Å². The van der Waals surface area contributed by atoms with Crippen LogP contribution in [0.4, 0.5) is 0 Å². The van der Waals surface area contributed by atoms with E-state index in [0.717, 1.165) is 5.75 Å². The number of rotatable bonds is 5. The third-order valence-electron chi connectivity index (χ3n) is 1.96. The zero-order valence-electron chi connectivity index (χ0n) is 9.10. The van der Waals surface area contributed by atoms with E-state index in [-0.39, 0.29) is 11.2 Å². The van der Waals surface area contributed by atoms with Crippen molar-refractivity contribution in [2.24, 2.45) is 0 Å². The first-order chi connectivity index (χ1) is 7.24. The SMILES string of the molecule is CCOC(=O)C(C)SCc1ccccc1. The molecule has 0 bridgehead atoms. The summed E-state index contributed by atoms with van der Waals surface area (Å²) in [6.45, 7) is 4.16. The molecule has 0 spiro atoms. The highest BCUT2D eigenvalue weighted by Crippen LogP contribution is 2.18. The molecule has 82 valence electrons. The van der Waals surface area contributed by atoms with Crippen molar-refractivity contribution in [3.8, 4) is 0 Å². The van der Waals surface area contributed by atoms with Gasteiger partial charge in [0.25, 0.3) is 0 Å². The van der Waals surface area contributed by atoms with Gasteiger partial charge in [0.2, 0.25) is 0 Å². The lowest BCUT2D eigenvalue weighted by molar-refractivity contribution is -0.142. The molecule has 0 amide bonds. The summed E-state index contributed by atoms with van der Waals surface area (Å²) in [6, 6.07) is 10.1. The summed E-state index contributed by atoms with van der Waals surface area (Å²) in [4.78, 5) is 11.3. The normalized spacial score (nSPS) is 12.1. The van der Waals surface area contributed by atoms with Crippen LogP contribution in [0, 0.1) is 0 Å². The molecule has 1 aromatic carbocycles. The summed E-state index contributed by atoms with van der Waals surface area (Å²) in [5, 5.41) is -0.0924. The van der Waals surface area contributed by atoms with Crippen LogP contribution in [0.3, 0.4) is 0 Å². The Labute approximate surface area is 95.0 Å². The molecule has 0 aliphatic carbocycles. The minimum atomic E-state index is -0.126. The van der Waals surface area contributed by atoms with Gasteiger partial charge in [-0.05, 0) is 19.4 Å². The van der Waals surface area contributed by atoms with E-state index in [1.54, 1.807) is 11.8 Å². The maximum atomic E-state index is 11.3. The lowest BCUT2D eigenvalue weighted by atomic mass is 10.2. The zero-order chi connectivity index (χ0) is 11.1. The van der Waals surface area contributed by atoms with Gasteiger partial charge in [0.1, 0.15) is 0 Å². The van der Waals surface area contributed by atoms with E-state index in [9.17, 15) is 4.79 Å². The van der Waals surface area contributed by atoms with Gasteiger partial charge in [-0.2, -0.15) is 0 Å². The van der Waals surface area contributed by atoms with Crippen LogP contribution in [0.2, 0.25) is 0 Å². The van der Waals surface area contributed by atoms with Crippen LogP contribution in [0.15, 0.2) is 30.3 Å². The molecule has 1 rings (SSSR count). The van der Waals surface area contributed by atoms with Crippen LogP contribution in [-0.2, 0) is 15.3 Å². The van der Waals surface area contributed by atoms with E-state index >= 15 is 0 Å². The van der Waals surface area contributed by atoms with Crippen molar-refractivity contribution < 1.29 is 9.53 Å². The van der Waals surface area contributed by atoms with Crippen molar-refractivity contribution in [3.05, 3.63) is 35.9 Å². The number of ether oxygens (including phenoxy) is 1. The summed E-state index contributed by atoms with van der Waals surface area (Å²) in [6.07, 6.45) is 0. The van der Waals surface area contributed by atoms with Crippen molar-refractivity contribution >= 4 is 17.7 Å². The number of thioether (sulfide) groups is 1. The van der Waals surface area contributed by atoms with Crippen LogP contribution >= 0.6 is 11.8 Å². The van der Waals surface area contributed by atoms with E-state index in [2.05, 4.69) is 12.1 Å². The monoisotopic (exact) mass is 224 g/mol. The standard InChI is InChI=1S/C12H16O2S/c1-3-14-12(13)10(2)15-9-11-7-5-4-6-8-11/h4-8,10H,3,9H2,1-2H3. The molecule has 2 nitrogen and oxygen atoms in total. The number of hydrogen-bond donors (Lipinski definition) is 0. The molecular weight excluding hydrogens is 208 g/mol. The molecule has 0 aliphatic rings. The van der Waals surface area contributed by atoms with Gasteiger partial charge in [0, 0.05) is 5.75 Å². The van der Waals surface area contributed by atoms with Gasteiger partial charge in [-0.1, -0.05) is 30.3 Å². The predicted molar refractivity (Wildman–Crippen MR) is 63.8 cm³/mol. The molecule has 0 heterocycles. The Balaban J connectivity index is 2.34. The fourth-order valence-corrected chi connectivity index (χ4v) is 1.96. The Kier molecular flexibility index (Phi) is 5.26. The summed E-state index contributed by atoms with van der Waals surface area (Å²) in [5.41, 5.74) is 1.23. The number of carbonyl (C=O) groups excluding carboxylic acids is 1. The molecule has 0 aliphatic heterocycles. The first kappa shape index (κ1) is 12.1. The molecule has 0 saturated carbocycles. The number of hydrogen-bond acceptors (Lipinski definition) is 3. The van der Waals surface area contributed by atoms with Crippen molar-refractivity contribution in [2.45, 2.75) is 24.9 Å². The van der Waals surface area contributed by atoms with Gasteiger partial charge in [-0.15, -0.1) is 11.8 Å². The van der Waals surface area contributed by atoms with Gasteiger partial charge in [-0.3, -0.25) is 4.79 Å². The third-order valence-corrected chi connectivity index (χ3v) is 3.15. The summed E-state index contributed by atoms with van der Waals surface area (Å²) in [5.74, 6) is 0.722. The van der Waals surface area contributed by atoms with E-state index in [4.69, 9.17) is 4.74 Å². The number of esters is 1. The number of benzene rings is 1. The van der Waals surface area contributed by atoms with E-state index in [1.165, 1.54) is 5.56 Å². The quantitative estimate of drug-likeness (QED) is 0.719. The molecule has 0 aromatic heterocycles. The van der Waals surface area contributed by atoms with Crippen molar-refractivity contribution in [1.82, 2.24) is 0 Å². The lowest BCUT2D eigenvalue weighted by Crippen LogP contribution is -2.16. The van der Waals surface area contributed by atoms with Gasteiger partial charge in [-0.25, -0.2) is 0 Å². The van der Waals surface area contributed by atoms with Gasteiger partial charge >= 0.3 is 5.97 Å². The number of carbonyl (C=O) groups is 1. The lowest BCUT2D eigenvalue weighted by Gasteiger charge is -2.09. The topological polar surface area (TPSA) is 26.3 Å². The molecule has 0 radical (unpaired) electrons. The summed E-state index contributed by atoms with van der Waals surface area (Å²) >= 11 is 1.60. The maximum absolute atomic E-state index is 11.3. The Morgan fingerprint density at radius 2 is 2.07 bits per heavy atom. The summed E-state index contributed by atoms with van der Waals surface area (Å²) in [7, 11) is 0. The Hall–Kier alpha value is -0.960. The van der Waals surface area contributed by atoms with E-state index in [1.807, 2.05) is 32.0 Å². The highest BCUT2D eigenvalue weighted by Gasteiger charge is 2.13. The minimum Gasteiger partial charge on any atom is -0.465 e. The Morgan fingerprint density at radius 3 is 2.67 bits per heavy atom.